The Balaban J connectivity index is 1.32. The zero-order valence-electron chi connectivity index (χ0n) is 14.3. The van der Waals surface area contributed by atoms with Crippen LogP contribution in [0.4, 0.5) is 0 Å². The van der Waals surface area contributed by atoms with Gasteiger partial charge < -0.3 is 14.2 Å². The summed E-state index contributed by atoms with van der Waals surface area (Å²) in [7, 11) is 0. The lowest BCUT2D eigenvalue weighted by Gasteiger charge is -2.35. The maximum Gasteiger partial charge on any atom is 0.251 e. The number of carbonyl (C=O) groups excluding carboxylic acids is 1. The molecule has 7 nitrogen and oxygen atoms in total. The summed E-state index contributed by atoms with van der Waals surface area (Å²) >= 11 is 0. The SMILES string of the molecule is O=C(C1CCCO1)N1CCN(Cc2nnc3n2CCCCC3)CC1. The molecule has 2 saturated heterocycles. The highest BCUT2D eigenvalue weighted by Crippen LogP contribution is 2.18. The molecule has 2 fully saturated rings. The van der Waals surface area contributed by atoms with Gasteiger partial charge in [-0.2, -0.15) is 0 Å². The van der Waals surface area contributed by atoms with Gasteiger partial charge in [-0.05, 0) is 25.7 Å². The number of fused-ring (bicyclic) bond motifs is 1. The zero-order valence-corrected chi connectivity index (χ0v) is 14.3. The molecule has 1 aromatic rings. The van der Waals surface area contributed by atoms with E-state index in [4.69, 9.17) is 4.74 Å². The molecule has 7 heteroatoms. The molecule has 1 atom stereocenters. The Bertz CT molecular complexity index is 574. The van der Waals surface area contributed by atoms with Gasteiger partial charge in [0, 0.05) is 45.8 Å². The lowest BCUT2D eigenvalue weighted by molar-refractivity contribution is -0.142. The van der Waals surface area contributed by atoms with Crippen molar-refractivity contribution < 1.29 is 9.53 Å². The minimum atomic E-state index is -0.191. The van der Waals surface area contributed by atoms with E-state index in [0.717, 1.165) is 76.8 Å². The summed E-state index contributed by atoms with van der Waals surface area (Å²) in [4.78, 5) is 16.8. The van der Waals surface area contributed by atoms with Crippen molar-refractivity contribution in [3.63, 3.8) is 0 Å². The Morgan fingerprint density at radius 1 is 1.04 bits per heavy atom. The minimum Gasteiger partial charge on any atom is -0.368 e. The number of aryl methyl sites for hydroxylation is 1. The standard InChI is InChI=1S/C17H27N5O2/c23-17(14-5-4-12-24-14)21-10-8-20(9-11-21)13-16-19-18-15-6-2-1-3-7-22(15)16/h14H,1-13H2. The molecular formula is C17H27N5O2. The summed E-state index contributed by atoms with van der Waals surface area (Å²) in [5.74, 6) is 2.42. The molecule has 0 N–H and O–H groups in total. The third kappa shape index (κ3) is 3.32. The monoisotopic (exact) mass is 333 g/mol. The number of ether oxygens (including phenoxy) is 1. The van der Waals surface area contributed by atoms with E-state index in [-0.39, 0.29) is 12.0 Å². The molecule has 3 aliphatic rings. The maximum absolute atomic E-state index is 12.4. The van der Waals surface area contributed by atoms with Gasteiger partial charge in [0.25, 0.3) is 5.91 Å². The van der Waals surface area contributed by atoms with Crippen molar-refractivity contribution in [3.05, 3.63) is 11.6 Å². The molecule has 1 unspecified atom stereocenters. The van der Waals surface area contributed by atoms with Gasteiger partial charge in [-0.1, -0.05) is 6.42 Å². The number of aromatic nitrogens is 3. The summed E-state index contributed by atoms with van der Waals surface area (Å²) < 4.78 is 7.84. The van der Waals surface area contributed by atoms with Crippen LogP contribution in [0.1, 0.15) is 43.8 Å². The molecule has 0 saturated carbocycles. The number of hydrogen-bond acceptors (Lipinski definition) is 5. The van der Waals surface area contributed by atoms with Gasteiger partial charge in [0.1, 0.15) is 17.8 Å². The molecule has 0 aliphatic carbocycles. The van der Waals surface area contributed by atoms with Crippen molar-refractivity contribution >= 4 is 5.91 Å². The van der Waals surface area contributed by atoms with Crippen LogP contribution < -0.4 is 0 Å². The molecule has 4 heterocycles. The van der Waals surface area contributed by atoms with Crippen LogP contribution in [-0.2, 0) is 29.0 Å². The topological polar surface area (TPSA) is 63.5 Å². The highest BCUT2D eigenvalue weighted by atomic mass is 16.5. The van der Waals surface area contributed by atoms with Gasteiger partial charge in [0.2, 0.25) is 0 Å². The van der Waals surface area contributed by atoms with Crippen LogP contribution in [0.15, 0.2) is 0 Å². The number of amides is 1. The molecule has 4 rings (SSSR count). The first kappa shape index (κ1) is 16.0. The first-order chi connectivity index (χ1) is 11.8. The van der Waals surface area contributed by atoms with E-state index in [1.807, 2.05) is 4.90 Å². The average Bonchev–Trinajstić information content (AvgIpc) is 3.21. The maximum atomic E-state index is 12.4. The van der Waals surface area contributed by atoms with E-state index in [9.17, 15) is 4.79 Å². The number of piperazine rings is 1. The summed E-state index contributed by atoms with van der Waals surface area (Å²) in [6, 6.07) is 0. The van der Waals surface area contributed by atoms with E-state index in [1.165, 1.54) is 19.3 Å². The van der Waals surface area contributed by atoms with Crippen molar-refractivity contribution in [3.8, 4) is 0 Å². The van der Waals surface area contributed by atoms with Gasteiger partial charge in [-0.3, -0.25) is 9.69 Å². The molecule has 1 amide bonds. The Hall–Kier alpha value is -1.47. The van der Waals surface area contributed by atoms with E-state index >= 15 is 0 Å². The Morgan fingerprint density at radius 3 is 2.71 bits per heavy atom. The summed E-state index contributed by atoms with van der Waals surface area (Å²) in [6.07, 6.45) is 6.48. The van der Waals surface area contributed by atoms with Crippen LogP contribution in [0, 0.1) is 0 Å². The molecule has 1 aromatic heterocycles. The zero-order chi connectivity index (χ0) is 16.4. The number of carbonyl (C=O) groups is 1. The van der Waals surface area contributed by atoms with Gasteiger partial charge in [0.15, 0.2) is 0 Å². The molecule has 0 spiro atoms. The normalized spacial score (nSPS) is 25.5. The fraction of sp³-hybridized carbons (Fsp3) is 0.824. The van der Waals surface area contributed by atoms with E-state index in [0.29, 0.717) is 0 Å². The number of hydrogen-bond donors (Lipinski definition) is 0. The number of nitrogens with zero attached hydrogens (tertiary/aromatic N) is 5. The Morgan fingerprint density at radius 2 is 1.92 bits per heavy atom. The van der Waals surface area contributed by atoms with E-state index in [2.05, 4.69) is 19.7 Å². The fourth-order valence-electron chi connectivity index (χ4n) is 3.96. The highest BCUT2D eigenvalue weighted by molar-refractivity contribution is 5.81. The van der Waals surface area contributed by atoms with Crippen LogP contribution in [0.5, 0.6) is 0 Å². The quantitative estimate of drug-likeness (QED) is 0.820. The van der Waals surface area contributed by atoms with Crippen LogP contribution in [-0.4, -0.2) is 69.4 Å². The first-order valence-electron chi connectivity index (χ1n) is 9.35. The first-order valence-corrected chi connectivity index (χ1v) is 9.35. The predicted octanol–water partition coefficient (Wildman–Crippen LogP) is 0.828. The van der Waals surface area contributed by atoms with E-state index < -0.39 is 0 Å². The number of rotatable bonds is 3. The van der Waals surface area contributed by atoms with Crippen molar-refractivity contribution in [1.29, 1.82) is 0 Å². The van der Waals surface area contributed by atoms with Gasteiger partial charge in [-0.25, -0.2) is 0 Å². The van der Waals surface area contributed by atoms with Crippen LogP contribution in [0.25, 0.3) is 0 Å². The molecule has 0 bridgehead atoms. The second-order valence-electron chi connectivity index (χ2n) is 7.10. The molecular weight excluding hydrogens is 306 g/mol. The molecule has 3 aliphatic heterocycles. The van der Waals surface area contributed by atoms with Crippen molar-refractivity contribution in [2.75, 3.05) is 32.8 Å². The lowest BCUT2D eigenvalue weighted by atomic mass is 10.2. The largest absolute Gasteiger partial charge is 0.368 e. The van der Waals surface area contributed by atoms with Crippen molar-refractivity contribution in [2.45, 2.75) is 57.7 Å². The molecule has 132 valence electrons. The van der Waals surface area contributed by atoms with E-state index in [1.54, 1.807) is 0 Å². The third-order valence-electron chi connectivity index (χ3n) is 5.44. The van der Waals surface area contributed by atoms with Crippen molar-refractivity contribution in [2.24, 2.45) is 0 Å². The third-order valence-corrected chi connectivity index (χ3v) is 5.44. The lowest BCUT2D eigenvalue weighted by Crippen LogP contribution is -2.51. The summed E-state index contributed by atoms with van der Waals surface area (Å²) in [6.45, 7) is 6.01. The average molecular weight is 333 g/mol. The molecule has 0 radical (unpaired) electrons. The van der Waals surface area contributed by atoms with Crippen LogP contribution in [0.2, 0.25) is 0 Å². The predicted molar refractivity (Wildman–Crippen MR) is 88.4 cm³/mol. The fourth-order valence-corrected chi connectivity index (χ4v) is 3.96. The molecule has 0 aromatic carbocycles. The van der Waals surface area contributed by atoms with Crippen LogP contribution in [0.3, 0.4) is 0 Å². The Kier molecular flexibility index (Phi) is 4.80. The smallest absolute Gasteiger partial charge is 0.251 e. The second-order valence-corrected chi connectivity index (χ2v) is 7.10. The van der Waals surface area contributed by atoms with Crippen LogP contribution >= 0.6 is 0 Å². The van der Waals surface area contributed by atoms with Crippen molar-refractivity contribution in [1.82, 2.24) is 24.6 Å². The molecule has 24 heavy (non-hydrogen) atoms. The van der Waals surface area contributed by atoms with Gasteiger partial charge in [-0.15, -0.1) is 10.2 Å². The second kappa shape index (κ2) is 7.19. The minimum absolute atomic E-state index is 0.184. The highest BCUT2D eigenvalue weighted by Gasteiger charge is 2.30. The summed E-state index contributed by atoms with van der Waals surface area (Å²) in [5, 5.41) is 8.80. The van der Waals surface area contributed by atoms with Gasteiger partial charge in [0.05, 0.1) is 6.54 Å². The van der Waals surface area contributed by atoms with Gasteiger partial charge >= 0.3 is 0 Å². The Labute approximate surface area is 143 Å². The summed E-state index contributed by atoms with van der Waals surface area (Å²) in [5.41, 5.74) is 0.